The number of anilines is 2. The number of unbranched alkanes of at least 4 members (excludes halogenated alkanes) is 1. The highest BCUT2D eigenvalue weighted by molar-refractivity contribution is 5.93. The lowest BCUT2D eigenvalue weighted by molar-refractivity contribution is -0.168. The molecule has 0 bridgehead atoms. The number of amides is 2. The molecule has 0 saturated carbocycles. The number of allylic oxidation sites excluding steroid dienone is 1. The molecule has 0 fully saturated rings. The number of nitrogens with two attached hydrogens (primary N) is 1. The van der Waals surface area contributed by atoms with Crippen LogP contribution in [0.2, 0.25) is 0 Å². The summed E-state index contributed by atoms with van der Waals surface area (Å²) in [4.78, 5) is 25.3. The first-order valence-corrected chi connectivity index (χ1v) is 14.3. The van der Waals surface area contributed by atoms with Gasteiger partial charge >= 0.3 is 0 Å². The molecule has 2 aromatic rings. The quantitative estimate of drug-likeness (QED) is 0.158. The topological polar surface area (TPSA) is 141 Å². The molecule has 0 radical (unpaired) electrons. The largest absolute Gasteiger partial charge is 0.459 e. The van der Waals surface area contributed by atoms with E-state index in [-0.39, 0.29) is 42.6 Å². The van der Waals surface area contributed by atoms with Crippen molar-refractivity contribution in [3.05, 3.63) is 72.0 Å². The molecule has 2 aromatic carbocycles. The van der Waals surface area contributed by atoms with Gasteiger partial charge < -0.3 is 40.4 Å². The lowest BCUT2D eigenvalue weighted by Gasteiger charge is -2.37. The third kappa shape index (κ3) is 10.8. The van der Waals surface area contributed by atoms with E-state index in [0.717, 1.165) is 5.56 Å². The molecular weight excluding hydrogens is 526 g/mol. The van der Waals surface area contributed by atoms with Crippen molar-refractivity contribution >= 4 is 23.2 Å². The van der Waals surface area contributed by atoms with Crippen LogP contribution < -0.4 is 16.4 Å². The van der Waals surface area contributed by atoms with Gasteiger partial charge in [-0.15, -0.1) is 0 Å². The molecule has 5 N–H and O–H groups in total. The summed E-state index contributed by atoms with van der Waals surface area (Å²) < 4.78 is 23.0. The van der Waals surface area contributed by atoms with E-state index in [4.69, 9.17) is 29.8 Å². The molecule has 0 unspecified atom stereocenters. The summed E-state index contributed by atoms with van der Waals surface area (Å²) in [6, 6.07) is 17.1. The molecule has 41 heavy (non-hydrogen) atoms. The molecule has 1 heterocycles. The number of carbonyl (C=O) groups excluding carboxylic acids is 2. The maximum Gasteiger partial charge on any atom is 0.286 e. The van der Waals surface area contributed by atoms with Gasteiger partial charge in [-0.2, -0.15) is 0 Å². The van der Waals surface area contributed by atoms with Gasteiger partial charge in [0.05, 0.1) is 37.8 Å². The number of carbonyl (C=O) groups is 2. The van der Waals surface area contributed by atoms with Crippen molar-refractivity contribution in [3.63, 3.8) is 0 Å². The molecule has 224 valence electrons. The van der Waals surface area contributed by atoms with Crippen molar-refractivity contribution in [1.29, 1.82) is 0 Å². The zero-order chi connectivity index (χ0) is 29.3. The molecule has 10 heteroatoms. The number of para-hydroxylation sites is 2. The first-order valence-electron chi connectivity index (χ1n) is 14.3. The lowest BCUT2D eigenvalue weighted by atomic mass is 9.81. The molecular formula is C31H43N3O7. The van der Waals surface area contributed by atoms with Crippen LogP contribution in [0.1, 0.15) is 44.1 Å². The third-order valence-electron chi connectivity index (χ3n) is 6.68. The van der Waals surface area contributed by atoms with E-state index >= 15 is 0 Å². The summed E-state index contributed by atoms with van der Waals surface area (Å²) in [5, 5.41) is 14.5. The molecule has 0 spiro atoms. The van der Waals surface area contributed by atoms with Gasteiger partial charge in [-0.3, -0.25) is 9.59 Å². The van der Waals surface area contributed by atoms with Crippen molar-refractivity contribution in [2.45, 2.75) is 44.8 Å². The van der Waals surface area contributed by atoms with Crippen LogP contribution in [-0.4, -0.2) is 69.4 Å². The molecule has 10 nitrogen and oxygen atoms in total. The molecule has 0 aliphatic carbocycles. The van der Waals surface area contributed by atoms with E-state index in [0.29, 0.717) is 70.0 Å². The fourth-order valence-electron chi connectivity index (χ4n) is 4.62. The van der Waals surface area contributed by atoms with Crippen molar-refractivity contribution < 1.29 is 33.6 Å². The van der Waals surface area contributed by atoms with Crippen LogP contribution in [0.4, 0.5) is 11.4 Å². The number of benzene rings is 2. The van der Waals surface area contributed by atoms with E-state index in [9.17, 15) is 9.59 Å². The zero-order valence-electron chi connectivity index (χ0n) is 23.8. The van der Waals surface area contributed by atoms with E-state index in [1.165, 1.54) is 0 Å². The van der Waals surface area contributed by atoms with Gasteiger partial charge in [0.1, 0.15) is 0 Å². The average molecular weight is 570 g/mol. The van der Waals surface area contributed by atoms with E-state index < -0.39 is 6.29 Å². The highest BCUT2D eigenvalue weighted by atomic mass is 16.7. The van der Waals surface area contributed by atoms with Crippen LogP contribution in [-0.2, 0) is 28.5 Å². The molecule has 1 aliphatic rings. The van der Waals surface area contributed by atoms with Crippen molar-refractivity contribution in [2.24, 2.45) is 5.92 Å². The summed E-state index contributed by atoms with van der Waals surface area (Å²) in [6.07, 6.45) is 3.48. The molecule has 0 aromatic heterocycles. The van der Waals surface area contributed by atoms with Crippen LogP contribution in [0.25, 0.3) is 0 Å². The Morgan fingerprint density at radius 2 is 1.71 bits per heavy atom. The predicted molar refractivity (Wildman–Crippen MR) is 157 cm³/mol. The minimum atomic E-state index is -0.612. The first-order chi connectivity index (χ1) is 20.0. The van der Waals surface area contributed by atoms with Crippen molar-refractivity contribution in [3.8, 4) is 0 Å². The summed E-state index contributed by atoms with van der Waals surface area (Å²) >= 11 is 0. The smallest absolute Gasteiger partial charge is 0.286 e. The number of ether oxygens (including phenoxy) is 4. The summed E-state index contributed by atoms with van der Waals surface area (Å²) in [5.74, 6) is -0.377. The minimum absolute atomic E-state index is 0.0156. The van der Waals surface area contributed by atoms with Crippen LogP contribution in [0, 0.1) is 5.92 Å². The summed E-state index contributed by atoms with van der Waals surface area (Å²) in [7, 11) is 0. The number of nitrogens with one attached hydrogen (secondary N) is 2. The Kier molecular flexibility index (Phi) is 14.2. The molecule has 3 rings (SSSR count). The zero-order valence-corrected chi connectivity index (χ0v) is 23.8. The molecule has 1 aliphatic heterocycles. The first kappa shape index (κ1) is 32.1. The number of hydrogen-bond donors (Lipinski definition) is 4. The van der Waals surface area contributed by atoms with Gasteiger partial charge in [0.25, 0.3) is 5.91 Å². The fraction of sp³-hybridized carbons (Fsp3) is 0.484. The van der Waals surface area contributed by atoms with Crippen LogP contribution in [0.5, 0.6) is 0 Å². The maximum atomic E-state index is 13.1. The molecule has 2 amide bonds. The van der Waals surface area contributed by atoms with Gasteiger partial charge in [-0.25, -0.2) is 0 Å². The Morgan fingerprint density at radius 3 is 2.44 bits per heavy atom. The number of rotatable bonds is 18. The second-order valence-electron chi connectivity index (χ2n) is 9.66. The van der Waals surface area contributed by atoms with E-state index in [1.54, 1.807) is 12.1 Å². The number of hydrogen-bond acceptors (Lipinski definition) is 8. The molecule has 3 atom stereocenters. The van der Waals surface area contributed by atoms with Crippen LogP contribution >= 0.6 is 0 Å². The Balaban J connectivity index is 1.54. The summed E-state index contributed by atoms with van der Waals surface area (Å²) in [6.45, 7) is 4.32. The minimum Gasteiger partial charge on any atom is -0.459 e. The average Bonchev–Trinajstić information content (AvgIpc) is 2.98. The van der Waals surface area contributed by atoms with Crippen molar-refractivity contribution in [2.75, 3.05) is 57.2 Å². The van der Waals surface area contributed by atoms with Gasteiger partial charge in [0.2, 0.25) is 12.2 Å². The Labute approximate surface area is 242 Å². The Hall–Kier alpha value is -3.44. The summed E-state index contributed by atoms with van der Waals surface area (Å²) in [5.41, 5.74) is 8.06. The van der Waals surface area contributed by atoms with Crippen LogP contribution in [0.15, 0.2) is 66.4 Å². The second-order valence-corrected chi connectivity index (χ2v) is 9.66. The van der Waals surface area contributed by atoms with E-state index in [2.05, 4.69) is 10.6 Å². The SMILES string of the molecule is CCO[C@H]1OC(C(=O)NCCCCC(=O)Nc2ccccc2N)=C[C@@H](c2ccccc2)[C@@H]1CCOCCOCCO. The van der Waals surface area contributed by atoms with Gasteiger partial charge in [-0.1, -0.05) is 42.5 Å². The van der Waals surface area contributed by atoms with Gasteiger partial charge in [-0.05, 0) is 50.0 Å². The standard InChI is InChI=1S/C31H43N3O7/c1-2-40-31-24(15-18-38-20-21-39-19-17-35)25(23-10-4-3-5-11-23)22-28(41-31)30(37)33-16-9-8-14-29(36)34-27-13-7-6-12-26(27)32/h3-7,10-13,22,24-25,31,35H,2,8-9,14-21,32H2,1H3,(H,33,37)(H,34,36)/t24-,25-,31-/m0/s1. The third-order valence-corrected chi connectivity index (χ3v) is 6.68. The maximum absolute atomic E-state index is 13.1. The number of nitrogen functional groups attached to an aromatic ring is 1. The number of aliphatic hydroxyl groups is 1. The Morgan fingerprint density at radius 1 is 0.976 bits per heavy atom. The monoisotopic (exact) mass is 569 g/mol. The van der Waals surface area contributed by atoms with Crippen LogP contribution in [0.3, 0.4) is 0 Å². The van der Waals surface area contributed by atoms with Gasteiger partial charge in [0, 0.05) is 38.0 Å². The lowest BCUT2D eigenvalue weighted by Crippen LogP contribution is -2.39. The van der Waals surface area contributed by atoms with Gasteiger partial charge in [0.15, 0.2) is 5.76 Å². The highest BCUT2D eigenvalue weighted by Gasteiger charge is 2.37. The predicted octanol–water partition coefficient (Wildman–Crippen LogP) is 3.59. The fourth-order valence-corrected chi connectivity index (χ4v) is 4.62. The second kappa shape index (κ2) is 18.1. The van der Waals surface area contributed by atoms with Crippen molar-refractivity contribution in [1.82, 2.24) is 5.32 Å². The number of aliphatic hydroxyl groups excluding tert-OH is 1. The highest BCUT2D eigenvalue weighted by Crippen LogP contribution is 2.38. The Bertz CT molecular complexity index is 1100. The molecule has 0 saturated heterocycles. The van der Waals surface area contributed by atoms with E-state index in [1.807, 2.05) is 55.5 Å². The normalized spacial score (nSPS) is 18.3.